The molecule has 1 aliphatic heterocycles. The first-order valence-corrected chi connectivity index (χ1v) is 9.84. The fraction of sp³-hybridized carbons (Fsp3) is 0.522. The fourth-order valence-electron chi connectivity index (χ4n) is 4.35. The number of nitrogens with zero attached hydrogens (tertiary/aromatic N) is 1. The third kappa shape index (κ3) is 3.76. The van der Waals surface area contributed by atoms with Gasteiger partial charge in [-0.1, -0.05) is 50.6 Å². The van der Waals surface area contributed by atoms with Crippen molar-refractivity contribution < 1.29 is 14.3 Å². The van der Waals surface area contributed by atoms with Gasteiger partial charge in [-0.05, 0) is 37.7 Å². The third-order valence-corrected chi connectivity index (χ3v) is 5.52. The number of carbonyl (C=O) groups excluding carboxylic acids is 2. The fourth-order valence-corrected chi connectivity index (χ4v) is 4.35. The molecule has 0 bridgehead atoms. The number of ketones is 1. The van der Waals surface area contributed by atoms with Gasteiger partial charge in [-0.25, -0.2) is 4.79 Å². The lowest BCUT2D eigenvalue weighted by molar-refractivity contribution is -0.139. The normalized spacial score (nSPS) is 24.3. The van der Waals surface area contributed by atoms with E-state index < -0.39 is 0 Å². The van der Waals surface area contributed by atoms with Crippen LogP contribution >= 0.6 is 0 Å². The summed E-state index contributed by atoms with van der Waals surface area (Å²) >= 11 is 0. The maximum absolute atomic E-state index is 13.2. The summed E-state index contributed by atoms with van der Waals surface area (Å²) < 4.78 is 5.37. The molecular weight excluding hydrogens is 338 g/mol. The van der Waals surface area contributed by atoms with E-state index in [4.69, 9.17) is 9.73 Å². The van der Waals surface area contributed by atoms with Crippen LogP contribution in [0.15, 0.2) is 40.5 Å². The molecule has 0 saturated heterocycles. The Labute approximate surface area is 161 Å². The largest absolute Gasteiger partial charge is 0.463 e. The maximum Gasteiger partial charge on any atom is 0.336 e. The molecule has 2 aliphatic rings. The number of esters is 1. The van der Waals surface area contributed by atoms with Gasteiger partial charge in [-0.15, -0.1) is 0 Å². The van der Waals surface area contributed by atoms with E-state index in [0.29, 0.717) is 25.0 Å². The van der Waals surface area contributed by atoms with Gasteiger partial charge in [-0.2, -0.15) is 0 Å². The Bertz CT molecular complexity index is 815. The van der Waals surface area contributed by atoms with Crippen molar-refractivity contribution in [2.75, 3.05) is 6.61 Å². The van der Waals surface area contributed by atoms with E-state index in [1.807, 2.05) is 38.1 Å². The number of benzene rings is 1. The minimum absolute atomic E-state index is 0.0927. The number of carbonyl (C=O) groups is 2. The van der Waals surface area contributed by atoms with E-state index >= 15 is 0 Å². The molecule has 0 radical (unpaired) electrons. The summed E-state index contributed by atoms with van der Waals surface area (Å²) in [7, 11) is 0. The van der Waals surface area contributed by atoms with Gasteiger partial charge in [0, 0.05) is 18.1 Å². The zero-order chi connectivity index (χ0) is 19.8. The van der Waals surface area contributed by atoms with Crippen molar-refractivity contribution in [3.8, 4) is 0 Å². The zero-order valence-electron chi connectivity index (χ0n) is 17.0. The molecule has 2 atom stereocenters. The van der Waals surface area contributed by atoms with E-state index in [1.54, 1.807) is 6.92 Å². The summed E-state index contributed by atoms with van der Waals surface area (Å²) in [6.07, 6.45) is 1.93. The lowest BCUT2D eigenvalue weighted by atomic mass is 9.63. The molecule has 0 aromatic heterocycles. The minimum Gasteiger partial charge on any atom is -0.463 e. The third-order valence-electron chi connectivity index (χ3n) is 5.52. The number of hydrogen-bond donors (Lipinski definition) is 0. The van der Waals surface area contributed by atoms with Crippen molar-refractivity contribution in [2.24, 2.45) is 16.3 Å². The van der Waals surface area contributed by atoms with Crippen LogP contribution in [0.2, 0.25) is 0 Å². The topological polar surface area (TPSA) is 55.7 Å². The van der Waals surface area contributed by atoms with Crippen molar-refractivity contribution in [1.82, 2.24) is 0 Å². The summed E-state index contributed by atoms with van der Waals surface area (Å²) in [4.78, 5) is 30.8. The second-order valence-corrected chi connectivity index (χ2v) is 8.39. The second kappa shape index (κ2) is 7.41. The molecule has 4 heteroatoms. The highest BCUT2D eigenvalue weighted by Crippen LogP contribution is 2.47. The van der Waals surface area contributed by atoms with E-state index in [1.165, 1.54) is 0 Å². The summed E-state index contributed by atoms with van der Waals surface area (Å²) in [6, 6.07) is 8.13. The molecule has 2 unspecified atom stereocenters. The Morgan fingerprint density at radius 2 is 1.81 bits per heavy atom. The van der Waals surface area contributed by atoms with Crippen molar-refractivity contribution in [2.45, 2.75) is 59.8 Å². The first-order chi connectivity index (χ1) is 12.8. The lowest BCUT2D eigenvalue weighted by Gasteiger charge is -2.41. The molecule has 27 heavy (non-hydrogen) atoms. The number of ether oxygens (including phenoxy) is 1. The molecule has 144 valence electrons. The SMILES string of the molecule is CCOC(=O)C1=C(CC)N=C2CC(C)(C)CC(=O)C2C1c1ccc(C)cc1. The first kappa shape index (κ1) is 19.5. The molecule has 1 aromatic carbocycles. The molecule has 1 aromatic rings. The summed E-state index contributed by atoms with van der Waals surface area (Å²) in [6.45, 7) is 10.4. The van der Waals surface area contributed by atoms with E-state index in [0.717, 1.165) is 29.0 Å². The Hall–Kier alpha value is -2.23. The van der Waals surface area contributed by atoms with Crippen LogP contribution in [0.4, 0.5) is 0 Å². The number of rotatable bonds is 4. The Morgan fingerprint density at radius 1 is 1.15 bits per heavy atom. The van der Waals surface area contributed by atoms with Gasteiger partial charge in [0.25, 0.3) is 0 Å². The number of hydrogen-bond acceptors (Lipinski definition) is 4. The molecule has 1 saturated carbocycles. The predicted octanol–water partition coefficient (Wildman–Crippen LogP) is 4.77. The van der Waals surface area contributed by atoms with Crippen LogP contribution in [0, 0.1) is 18.3 Å². The van der Waals surface area contributed by atoms with Crippen LogP contribution in [0.5, 0.6) is 0 Å². The van der Waals surface area contributed by atoms with Crippen molar-refractivity contribution in [3.05, 3.63) is 46.7 Å². The van der Waals surface area contributed by atoms with Crippen LogP contribution in [-0.4, -0.2) is 24.1 Å². The average Bonchev–Trinajstić information content (AvgIpc) is 2.59. The van der Waals surface area contributed by atoms with Gasteiger partial charge in [0.1, 0.15) is 5.78 Å². The van der Waals surface area contributed by atoms with E-state index in [2.05, 4.69) is 13.8 Å². The monoisotopic (exact) mass is 367 g/mol. The molecule has 0 N–H and O–H groups in total. The summed E-state index contributed by atoms with van der Waals surface area (Å²) in [5.41, 5.74) is 4.29. The van der Waals surface area contributed by atoms with Crippen LogP contribution in [0.3, 0.4) is 0 Å². The summed E-state index contributed by atoms with van der Waals surface area (Å²) in [5.74, 6) is -0.848. The predicted molar refractivity (Wildman–Crippen MR) is 107 cm³/mol. The van der Waals surface area contributed by atoms with Gasteiger partial charge in [0.2, 0.25) is 0 Å². The standard InChI is InChI=1S/C23H29NO3/c1-6-16-21(22(26)27-7-2)19(15-10-8-14(3)9-11-15)20-17(24-16)12-23(4,5)13-18(20)25/h8-11,19-20H,6-7,12-13H2,1-5H3. The van der Waals surface area contributed by atoms with Crippen molar-refractivity contribution in [1.29, 1.82) is 0 Å². The van der Waals surface area contributed by atoms with Gasteiger partial charge in [0.05, 0.1) is 23.8 Å². The lowest BCUT2D eigenvalue weighted by Crippen LogP contribution is -2.44. The average molecular weight is 367 g/mol. The molecule has 1 aliphatic carbocycles. The van der Waals surface area contributed by atoms with Crippen molar-refractivity contribution >= 4 is 17.5 Å². The number of Topliss-reactive ketones (excluding diaryl/α,β-unsaturated/α-hetero) is 1. The second-order valence-electron chi connectivity index (χ2n) is 8.39. The van der Waals surface area contributed by atoms with Crippen molar-refractivity contribution in [3.63, 3.8) is 0 Å². The molecule has 0 amide bonds. The Balaban J connectivity index is 2.19. The van der Waals surface area contributed by atoms with Crippen LogP contribution in [0.25, 0.3) is 0 Å². The highest BCUT2D eigenvalue weighted by atomic mass is 16.5. The minimum atomic E-state index is -0.365. The first-order valence-electron chi connectivity index (χ1n) is 9.84. The Kier molecular flexibility index (Phi) is 5.36. The quantitative estimate of drug-likeness (QED) is 0.721. The molecule has 3 rings (SSSR count). The van der Waals surface area contributed by atoms with E-state index in [9.17, 15) is 9.59 Å². The van der Waals surface area contributed by atoms with Crippen LogP contribution in [0.1, 0.15) is 64.0 Å². The van der Waals surface area contributed by atoms with E-state index in [-0.39, 0.29) is 29.0 Å². The van der Waals surface area contributed by atoms with Gasteiger partial charge >= 0.3 is 5.97 Å². The summed E-state index contributed by atoms with van der Waals surface area (Å²) in [5, 5.41) is 0. The molecule has 4 nitrogen and oxygen atoms in total. The highest BCUT2D eigenvalue weighted by Gasteiger charge is 2.47. The number of aliphatic imine (C=N–C) groups is 1. The molecule has 0 spiro atoms. The van der Waals surface area contributed by atoms with Gasteiger partial charge in [-0.3, -0.25) is 9.79 Å². The van der Waals surface area contributed by atoms with Crippen LogP contribution < -0.4 is 0 Å². The van der Waals surface area contributed by atoms with Gasteiger partial charge < -0.3 is 4.74 Å². The highest BCUT2D eigenvalue weighted by molar-refractivity contribution is 6.12. The molecule has 1 heterocycles. The van der Waals surface area contributed by atoms with Crippen LogP contribution in [-0.2, 0) is 14.3 Å². The Morgan fingerprint density at radius 3 is 2.41 bits per heavy atom. The maximum atomic E-state index is 13.2. The van der Waals surface area contributed by atoms with Gasteiger partial charge in [0.15, 0.2) is 0 Å². The number of aryl methyl sites for hydroxylation is 1. The smallest absolute Gasteiger partial charge is 0.336 e. The molecular formula is C23H29NO3. The number of fused-ring (bicyclic) bond motifs is 1. The zero-order valence-corrected chi connectivity index (χ0v) is 17.0. The molecule has 1 fully saturated rings. The number of allylic oxidation sites excluding steroid dienone is 1.